The van der Waals surface area contributed by atoms with Crippen molar-refractivity contribution in [2.45, 2.75) is 44.9 Å². The molecule has 0 bridgehead atoms. The first-order valence-corrected chi connectivity index (χ1v) is 13.3. The van der Waals surface area contributed by atoms with Crippen LogP contribution in [-0.2, 0) is 14.3 Å². The lowest BCUT2D eigenvalue weighted by atomic mass is 10.1. The van der Waals surface area contributed by atoms with E-state index >= 15 is 4.39 Å². The van der Waals surface area contributed by atoms with Gasteiger partial charge in [0.2, 0.25) is 5.91 Å². The molecule has 1 aromatic heterocycles. The molecule has 1 aliphatic rings. The van der Waals surface area contributed by atoms with Gasteiger partial charge in [0.15, 0.2) is 5.75 Å². The Morgan fingerprint density at radius 3 is 2.40 bits per heavy atom. The minimum Gasteiger partial charge on any atom is -0.428 e. The molecule has 2 N–H and O–H groups in total. The zero-order valence-corrected chi connectivity index (χ0v) is 24.1. The molecule has 1 aliphatic heterocycles. The number of carbonyl (C=O) groups excluding carboxylic acids is 3. The molecule has 0 saturated carbocycles. The highest BCUT2D eigenvalue weighted by Gasteiger charge is 2.40. The zero-order valence-electron chi connectivity index (χ0n) is 23.4. The number of urea groups is 1. The number of anilines is 2. The maximum atomic E-state index is 15.2. The molecule has 2 atom stereocenters. The van der Waals surface area contributed by atoms with Gasteiger partial charge in [-0.15, -0.1) is 0 Å². The Labute approximate surface area is 246 Å². The van der Waals surface area contributed by atoms with Gasteiger partial charge in [-0.1, -0.05) is 11.6 Å². The predicted molar refractivity (Wildman–Crippen MR) is 154 cm³/mol. The van der Waals surface area contributed by atoms with Gasteiger partial charge in [-0.2, -0.15) is 0 Å². The Balaban J connectivity index is 1.49. The van der Waals surface area contributed by atoms with E-state index in [-0.39, 0.29) is 30.1 Å². The number of hydrogen-bond donors (Lipinski definition) is 2. The molecule has 4 rings (SSSR count). The first-order chi connectivity index (χ1) is 19.8. The van der Waals surface area contributed by atoms with Gasteiger partial charge in [-0.3, -0.25) is 14.2 Å². The van der Waals surface area contributed by atoms with Crippen LogP contribution in [0.15, 0.2) is 65.6 Å². The van der Waals surface area contributed by atoms with Gasteiger partial charge in [0.25, 0.3) is 5.56 Å². The number of pyridine rings is 1. The molecule has 1 saturated heterocycles. The molecule has 3 aromatic rings. The van der Waals surface area contributed by atoms with Crippen LogP contribution in [0.4, 0.5) is 25.4 Å². The van der Waals surface area contributed by atoms with Crippen LogP contribution in [0.3, 0.4) is 0 Å². The van der Waals surface area contributed by atoms with E-state index in [1.165, 1.54) is 42.5 Å². The molecule has 0 aliphatic carbocycles. The zero-order chi connectivity index (χ0) is 30.6. The summed E-state index contributed by atoms with van der Waals surface area (Å²) < 4.78 is 31.7. The first-order valence-electron chi connectivity index (χ1n) is 12.9. The Morgan fingerprint density at radius 2 is 1.76 bits per heavy atom. The average molecular weight is 601 g/mol. The van der Waals surface area contributed by atoms with Gasteiger partial charge in [0.05, 0.1) is 17.5 Å². The number of rotatable bonds is 6. The van der Waals surface area contributed by atoms with Crippen molar-refractivity contribution in [3.63, 3.8) is 0 Å². The first kappa shape index (κ1) is 30.5. The SMILES string of the molecule is CO[C@@H]1C[C@H](C(=O)Nc2ccc(-n3cccc(OC(=O)OC(C)(C)C)c3=O)cc2F)N(C(=O)Nc2ccc(Cl)cc2)C1. The average Bonchev–Trinajstić information content (AvgIpc) is 3.36. The highest BCUT2D eigenvalue weighted by molar-refractivity contribution is 6.30. The van der Waals surface area contributed by atoms with Gasteiger partial charge in [0, 0.05) is 43.0 Å². The molecule has 1 fully saturated rings. The van der Waals surface area contributed by atoms with E-state index in [0.717, 1.165) is 10.6 Å². The van der Waals surface area contributed by atoms with Crippen LogP contribution in [0.25, 0.3) is 5.69 Å². The van der Waals surface area contributed by atoms with Crippen molar-refractivity contribution in [3.05, 3.63) is 82.0 Å². The normalized spacial score (nSPS) is 16.6. The van der Waals surface area contributed by atoms with Gasteiger partial charge in [0.1, 0.15) is 17.5 Å². The van der Waals surface area contributed by atoms with E-state index in [1.54, 1.807) is 45.0 Å². The minimum absolute atomic E-state index is 0.120. The van der Waals surface area contributed by atoms with Crippen molar-refractivity contribution >= 4 is 41.1 Å². The quantitative estimate of drug-likeness (QED) is 0.372. The summed E-state index contributed by atoms with van der Waals surface area (Å²) in [6.45, 7) is 5.10. The van der Waals surface area contributed by atoms with Crippen LogP contribution in [-0.4, -0.2) is 59.0 Å². The van der Waals surface area contributed by atoms with Gasteiger partial charge < -0.3 is 29.7 Å². The molecule has 0 unspecified atom stereocenters. The fraction of sp³-hybridized carbons (Fsp3) is 0.310. The molecule has 222 valence electrons. The second-order valence-electron chi connectivity index (χ2n) is 10.5. The maximum Gasteiger partial charge on any atom is 0.514 e. The van der Waals surface area contributed by atoms with E-state index in [4.69, 9.17) is 25.8 Å². The summed E-state index contributed by atoms with van der Waals surface area (Å²) in [4.78, 5) is 52.4. The number of nitrogens with zero attached hydrogens (tertiary/aromatic N) is 2. The lowest BCUT2D eigenvalue weighted by Crippen LogP contribution is -2.45. The van der Waals surface area contributed by atoms with E-state index in [9.17, 15) is 19.2 Å². The predicted octanol–water partition coefficient (Wildman–Crippen LogP) is 5.20. The van der Waals surface area contributed by atoms with Gasteiger partial charge >= 0.3 is 12.2 Å². The minimum atomic E-state index is -1.06. The third kappa shape index (κ3) is 7.45. The third-order valence-corrected chi connectivity index (χ3v) is 6.49. The summed E-state index contributed by atoms with van der Waals surface area (Å²) in [5, 5.41) is 5.75. The second kappa shape index (κ2) is 12.6. The van der Waals surface area contributed by atoms with Gasteiger partial charge in [-0.05, 0) is 69.3 Å². The summed E-state index contributed by atoms with van der Waals surface area (Å²) in [6, 6.07) is 11.5. The van der Waals surface area contributed by atoms with Crippen LogP contribution < -0.4 is 20.9 Å². The van der Waals surface area contributed by atoms with E-state index < -0.39 is 47.2 Å². The highest BCUT2D eigenvalue weighted by atomic mass is 35.5. The highest BCUT2D eigenvalue weighted by Crippen LogP contribution is 2.25. The van der Waals surface area contributed by atoms with Crippen molar-refractivity contribution in [2.75, 3.05) is 24.3 Å². The Bertz CT molecular complexity index is 1540. The fourth-order valence-electron chi connectivity index (χ4n) is 4.26. The summed E-state index contributed by atoms with van der Waals surface area (Å²) in [5.74, 6) is -1.75. The Hall–Kier alpha value is -4.42. The molecule has 13 heteroatoms. The molecule has 42 heavy (non-hydrogen) atoms. The molecule has 0 radical (unpaired) electrons. The molecular formula is C29H30ClFN4O7. The van der Waals surface area contributed by atoms with Crippen LogP contribution in [0.5, 0.6) is 5.75 Å². The smallest absolute Gasteiger partial charge is 0.428 e. The number of likely N-dealkylation sites (tertiary alicyclic amines) is 1. The van der Waals surface area contributed by atoms with Crippen LogP contribution in [0.2, 0.25) is 5.02 Å². The number of amides is 3. The summed E-state index contributed by atoms with van der Waals surface area (Å²) >= 11 is 5.90. The summed E-state index contributed by atoms with van der Waals surface area (Å²) in [5.41, 5.74) is -1.10. The third-order valence-electron chi connectivity index (χ3n) is 6.24. The number of hydrogen-bond acceptors (Lipinski definition) is 7. The number of carbonyl (C=O) groups is 3. The molecule has 2 heterocycles. The largest absolute Gasteiger partial charge is 0.514 e. The van der Waals surface area contributed by atoms with Crippen LogP contribution >= 0.6 is 11.6 Å². The van der Waals surface area contributed by atoms with Crippen molar-refractivity contribution in [1.82, 2.24) is 9.47 Å². The van der Waals surface area contributed by atoms with Crippen LogP contribution in [0, 0.1) is 5.82 Å². The lowest BCUT2D eigenvalue weighted by Gasteiger charge is -2.24. The number of nitrogens with one attached hydrogen (secondary N) is 2. The van der Waals surface area contributed by atoms with Crippen molar-refractivity contribution < 1.29 is 33.0 Å². The van der Waals surface area contributed by atoms with Crippen LogP contribution in [0.1, 0.15) is 27.2 Å². The molecule has 3 amide bonds. The van der Waals surface area contributed by atoms with E-state index in [0.29, 0.717) is 10.7 Å². The number of benzene rings is 2. The molecular weight excluding hydrogens is 571 g/mol. The topological polar surface area (TPSA) is 128 Å². The monoisotopic (exact) mass is 600 g/mol. The number of methoxy groups -OCH3 is 1. The van der Waals surface area contributed by atoms with E-state index in [2.05, 4.69) is 10.6 Å². The van der Waals surface area contributed by atoms with Crippen molar-refractivity contribution in [3.8, 4) is 11.4 Å². The lowest BCUT2D eigenvalue weighted by molar-refractivity contribution is -0.119. The number of aromatic nitrogens is 1. The Morgan fingerprint density at radius 1 is 1.05 bits per heavy atom. The summed E-state index contributed by atoms with van der Waals surface area (Å²) in [6.07, 6.45) is 0.125. The van der Waals surface area contributed by atoms with Gasteiger partial charge in [-0.25, -0.2) is 14.0 Å². The summed E-state index contributed by atoms with van der Waals surface area (Å²) in [7, 11) is 1.48. The van der Waals surface area contributed by atoms with Crippen molar-refractivity contribution in [1.29, 1.82) is 0 Å². The van der Waals surface area contributed by atoms with Crippen molar-refractivity contribution in [2.24, 2.45) is 0 Å². The maximum absolute atomic E-state index is 15.2. The molecule has 11 nitrogen and oxygen atoms in total. The molecule has 0 spiro atoms. The number of halogens is 2. The fourth-order valence-corrected chi connectivity index (χ4v) is 4.38. The van der Waals surface area contributed by atoms with E-state index in [1.807, 2.05) is 0 Å². The Kier molecular flexibility index (Phi) is 9.17. The second-order valence-corrected chi connectivity index (χ2v) is 10.9. The molecule has 2 aromatic carbocycles. The number of ether oxygens (including phenoxy) is 3. The standard InChI is InChI=1S/C29H30ClFN4O7/c1-29(2,3)42-28(39)41-24-6-5-13-34(26(24)37)19-11-12-22(21(31)14-19)33-25(36)23-15-20(40-4)16-35(23)27(38)32-18-9-7-17(30)8-10-18/h5-14,20,23H,15-16H2,1-4H3,(H,32,38)(H,33,36)/t20-,23-/m1/s1.